The van der Waals surface area contributed by atoms with Gasteiger partial charge in [0.15, 0.2) is 0 Å². The molecule has 0 saturated heterocycles. The highest BCUT2D eigenvalue weighted by molar-refractivity contribution is 6.33. The minimum Gasteiger partial charge on any atom is -0.394 e. The van der Waals surface area contributed by atoms with Crippen LogP contribution in [0.15, 0.2) is 42.6 Å². The maximum Gasteiger partial charge on any atom is 0.255 e. The lowest BCUT2D eigenvalue weighted by atomic mass is 9.90. The van der Waals surface area contributed by atoms with Crippen LogP contribution in [0.2, 0.25) is 5.02 Å². The van der Waals surface area contributed by atoms with Crippen molar-refractivity contribution in [2.24, 2.45) is 0 Å². The van der Waals surface area contributed by atoms with E-state index in [9.17, 15) is 24.2 Å². The lowest BCUT2D eigenvalue weighted by Gasteiger charge is -2.31. The smallest absolute Gasteiger partial charge is 0.255 e. The Morgan fingerprint density at radius 1 is 1.26 bits per heavy atom. The van der Waals surface area contributed by atoms with Gasteiger partial charge in [0, 0.05) is 23.7 Å². The first-order chi connectivity index (χ1) is 18.6. The monoisotopic (exact) mass is 553 g/mol. The largest absolute Gasteiger partial charge is 0.394 e. The molecule has 0 spiro atoms. The van der Waals surface area contributed by atoms with Crippen molar-refractivity contribution >= 4 is 29.4 Å². The van der Waals surface area contributed by atoms with Crippen molar-refractivity contribution in [3.8, 4) is 11.3 Å². The molecule has 1 fully saturated rings. The summed E-state index contributed by atoms with van der Waals surface area (Å²) in [5.41, 5.74) is 3.41. The molecule has 2 aromatic carbocycles. The number of aliphatic hydroxyl groups is 2. The summed E-state index contributed by atoms with van der Waals surface area (Å²) in [7, 11) is 0. The van der Waals surface area contributed by atoms with Crippen LogP contribution >= 0.6 is 11.6 Å². The fourth-order valence-electron chi connectivity index (χ4n) is 4.94. The minimum absolute atomic E-state index is 0.0900. The Kier molecular flexibility index (Phi) is 7.53. The average Bonchev–Trinajstić information content (AvgIpc) is 3.21. The third-order valence-electron chi connectivity index (χ3n) is 7.22. The van der Waals surface area contributed by atoms with Crippen LogP contribution in [0.5, 0.6) is 0 Å². The molecule has 11 heteroatoms. The maximum atomic E-state index is 13.9. The Balaban J connectivity index is 1.31. The zero-order chi connectivity index (χ0) is 27.8. The molecule has 1 aliphatic heterocycles. The van der Waals surface area contributed by atoms with Gasteiger partial charge in [0.25, 0.3) is 5.91 Å². The summed E-state index contributed by atoms with van der Waals surface area (Å²) >= 11 is 6.39. The first-order valence-corrected chi connectivity index (χ1v) is 13.1. The molecule has 9 nitrogen and oxygen atoms in total. The number of anilines is 1. The molecule has 2 unspecified atom stereocenters. The summed E-state index contributed by atoms with van der Waals surface area (Å²) in [5.74, 6) is -0.853. The highest BCUT2D eigenvalue weighted by Gasteiger charge is 2.35. The first-order valence-electron chi connectivity index (χ1n) is 12.7. The Morgan fingerprint density at radius 3 is 2.72 bits per heavy atom. The van der Waals surface area contributed by atoms with Gasteiger partial charge in [-0.15, -0.1) is 0 Å². The van der Waals surface area contributed by atoms with Crippen LogP contribution in [0.4, 0.5) is 10.3 Å². The Hall–Kier alpha value is -3.60. The minimum atomic E-state index is -0.840. The SMILES string of the molecule is Cc1cc(F)cc(C(CO)NC(=O)C(C)N2Cc3ccc(-c4nc(NC5CC(O)C5)ncc4Cl)cc3C2=O)c1. The van der Waals surface area contributed by atoms with Crippen molar-refractivity contribution in [2.45, 2.75) is 57.5 Å². The molecule has 0 radical (unpaired) electrons. The molecular weight excluding hydrogens is 525 g/mol. The van der Waals surface area contributed by atoms with Gasteiger partial charge in [-0.2, -0.15) is 0 Å². The molecule has 1 aromatic heterocycles. The van der Waals surface area contributed by atoms with E-state index in [1.165, 1.54) is 23.2 Å². The van der Waals surface area contributed by atoms with Gasteiger partial charge in [0.2, 0.25) is 11.9 Å². The van der Waals surface area contributed by atoms with E-state index in [-0.39, 0.29) is 24.6 Å². The lowest BCUT2D eigenvalue weighted by Crippen LogP contribution is -2.46. The van der Waals surface area contributed by atoms with Crippen LogP contribution in [0.3, 0.4) is 0 Å². The van der Waals surface area contributed by atoms with Crippen molar-refractivity contribution in [3.05, 3.63) is 75.7 Å². The number of aromatic nitrogens is 2. The van der Waals surface area contributed by atoms with Gasteiger partial charge in [-0.25, -0.2) is 14.4 Å². The number of benzene rings is 2. The van der Waals surface area contributed by atoms with Crippen LogP contribution in [0, 0.1) is 12.7 Å². The molecule has 3 aromatic rings. The van der Waals surface area contributed by atoms with E-state index in [2.05, 4.69) is 20.6 Å². The number of hydrogen-bond acceptors (Lipinski definition) is 7. The number of amides is 2. The molecular formula is C28H29ClFN5O4. The average molecular weight is 554 g/mol. The number of halogens is 2. The second-order valence-electron chi connectivity index (χ2n) is 10.1. The predicted molar refractivity (Wildman–Crippen MR) is 144 cm³/mol. The number of carbonyl (C=O) groups is 2. The Labute approximate surface area is 230 Å². The van der Waals surface area contributed by atoms with E-state index < -0.39 is 30.4 Å². The molecule has 2 amide bonds. The third-order valence-corrected chi connectivity index (χ3v) is 7.50. The van der Waals surface area contributed by atoms with Crippen molar-refractivity contribution in [3.63, 3.8) is 0 Å². The summed E-state index contributed by atoms with van der Waals surface area (Å²) in [4.78, 5) is 36.6. The molecule has 2 heterocycles. The molecule has 4 N–H and O–H groups in total. The van der Waals surface area contributed by atoms with E-state index in [1.807, 2.05) is 12.1 Å². The third kappa shape index (κ3) is 5.59. The van der Waals surface area contributed by atoms with Gasteiger partial charge in [-0.1, -0.05) is 29.8 Å². The van der Waals surface area contributed by atoms with Crippen molar-refractivity contribution in [1.29, 1.82) is 0 Å². The highest BCUT2D eigenvalue weighted by atomic mass is 35.5. The summed E-state index contributed by atoms with van der Waals surface area (Å²) < 4.78 is 13.9. The first kappa shape index (κ1) is 27.0. The number of aliphatic hydroxyl groups excluding tert-OH is 2. The standard InChI is InChI=1S/C28H29ClFN5O4/c1-14-5-18(7-19(30)6-14)24(13-36)33-26(38)15(2)35-12-17-4-3-16(8-22(17)27(35)39)25-23(29)11-31-28(34-25)32-20-9-21(37)10-20/h3-8,11,15,20-21,24,36-37H,9-10,12-13H2,1-2H3,(H,33,38)(H,31,32,34). The van der Waals surface area contributed by atoms with Gasteiger partial charge < -0.3 is 25.7 Å². The van der Waals surface area contributed by atoms with E-state index in [0.717, 1.165) is 5.56 Å². The van der Waals surface area contributed by atoms with Gasteiger partial charge in [0.05, 0.1) is 35.7 Å². The zero-order valence-corrected chi connectivity index (χ0v) is 22.2. The Morgan fingerprint density at radius 2 is 2.03 bits per heavy atom. The molecule has 1 saturated carbocycles. The van der Waals surface area contributed by atoms with Gasteiger partial charge >= 0.3 is 0 Å². The number of rotatable bonds is 8. The summed E-state index contributed by atoms with van der Waals surface area (Å²) in [5, 5.41) is 25.6. The number of carbonyl (C=O) groups excluding carboxylic acids is 2. The molecule has 2 atom stereocenters. The van der Waals surface area contributed by atoms with Crippen LogP contribution in [-0.2, 0) is 11.3 Å². The topological polar surface area (TPSA) is 128 Å². The van der Waals surface area contributed by atoms with Crippen LogP contribution in [0.1, 0.15) is 52.9 Å². The summed E-state index contributed by atoms with van der Waals surface area (Å²) in [6.45, 7) is 3.16. The Bertz CT molecular complexity index is 1410. The van der Waals surface area contributed by atoms with Crippen molar-refractivity contribution < 1.29 is 24.2 Å². The van der Waals surface area contributed by atoms with Crippen LogP contribution in [-0.4, -0.2) is 61.7 Å². The van der Waals surface area contributed by atoms with Gasteiger partial charge in [-0.05, 0) is 61.6 Å². The molecule has 204 valence electrons. The number of nitrogens with one attached hydrogen (secondary N) is 2. The van der Waals surface area contributed by atoms with Gasteiger partial charge in [0.1, 0.15) is 11.9 Å². The van der Waals surface area contributed by atoms with Crippen molar-refractivity contribution in [2.75, 3.05) is 11.9 Å². The second-order valence-corrected chi connectivity index (χ2v) is 10.6. The molecule has 39 heavy (non-hydrogen) atoms. The lowest BCUT2D eigenvalue weighted by molar-refractivity contribution is -0.126. The quantitative estimate of drug-likeness (QED) is 0.337. The highest BCUT2D eigenvalue weighted by Crippen LogP contribution is 2.33. The number of aryl methyl sites for hydroxylation is 1. The molecule has 1 aliphatic carbocycles. The summed E-state index contributed by atoms with van der Waals surface area (Å²) in [6, 6.07) is 8.11. The summed E-state index contributed by atoms with van der Waals surface area (Å²) in [6.07, 6.45) is 2.42. The normalized spacial score (nSPS) is 19.7. The van der Waals surface area contributed by atoms with E-state index in [1.54, 1.807) is 26.0 Å². The number of hydrogen-bond donors (Lipinski definition) is 4. The zero-order valence-electron chi connectivity index (χ0n) is 21.5. The second kappa shape index (κ2) is 10.9. The van der Waals surface area contributed by atoms with Crippen molar-refractivity contribution in [1.82, 2.24) is 20.2 Å². The van der Waals surface area contributed by atoms with E-state index in [0.29, 0.717) is 51.8 Å². The van der Waals surface area contributed by atoms with E-state index >= 15 is 0 Å². The molecule has 5 rings (SSSR count). The molecule has 2 aliphatic rings. The number of fused-ring (bicyclic) bond motifs is 1. The fourth-order valence-corrected chi connectivity index (χ4v) is 5.15. The molecule has 0 bridgehead atoms. The van der Waals surface area contributed by atoms with E-state index in [4.69, 9.17) is 11.6 Å². The van der Waals surface area contributed by atoms with Crippen LogP contribution < -0.4 is 10.6 Å². The predicted octanol–water partition coefficient (Wildman–Crippen LogP) is 3.37. The maximum absolute atomic E-state index is 13.9. The van der Waals surface area contributed by atoms with Crippen LogP contribution in [0.25, 0.3) is 11.3 Å². The fraction of sp³-hybridized carbons (Fsp3) is 0.357. The van der Waals surface area contributed by atoms with Gasteiger partial charge in [-0.3, -0.25) is 9.59 Å². The number of nitrogens with zero attached hydrogens (tertiary/aromatic N) is 3.